The molecule has 0 bridgehead atoms. The molecule has 0 aliphatic carbocycles. The monoisotopic (exact) mass is 253 g/mol. The summed E-state index contributed by atoms with van der Waals surface area (Å²) in [6.45, 7) is 7.92. The Kier molecular flexibility index (Phi) is 14.0. The molecule has 0 saturated carbocycles. The van der Waals surface area contributed by atoms with Gasteiger partial charge >= 0.3 is 14.2 Å². The number of unbranched alkanes of at least 4 members (excludes halogenated alkanes) is 1. The first-order valence-electron chi connectivity index (χ1n) is 5.52. The summed E-state index contributed by atoms with van der Waals surface area (Å²) in [5.74, 6) is -0.600. The van der Waals surface area contributed by atoms with Crippen molar-refractivity contribution in [1.82, 2.24) is 0 Å². The number of carbonyl (C=O) groups is 1. The Bertz CT molecular complexity index is 194. The maximum atomic E-state index is 10.9. The van der Waals surface area contributed by atoms with Crippen LogP contribution in [0.5, 0.6) is 0 Å². The van der Waals surface area contributed by atoms with Gasteiger partial charge in [0.15, 0.2) is 0 Å². The molecule has 0 aromatic carbocycles. The van der Waals surface area contributed by atoms with Crippen molar-refractivity contribution in [3.63, 3.8) is 0 Å². The lowest BCUT2D eigenvalue weighted by Gasteiger charge is -2.05. The summed E-state index contributed by atoms with van der Waals surface area (Å²) in [7, 11) is -2.74. The molecule has 0 aliphatic heterocycles. The van der Waals surface area contributed by atoms with Gasteiger partial charge in [-0.15, -0.1) is 9.42 Å². The van der Waals surface area contributed by atoms with Crippen LogP contribution in [0.25, 0.3) is 0 Å². The van der Waals surface area contributed by atoms with Crippen molar-refractivity contribution in [2.75, 3.05) is 6.61 Å². The van der Waals surface area contributed by atoms with Crippen molar-refractivity contribution >= 4 is 14.2 Å². The van der Waals surface area contributed by atoms with E-state index in [1.807, 2.05) is 0 Å². The molecule has 0 fully saturated rings. The molecule has 0 amide bonds. The van der Waals surface area contributed by atoms with Crippen LogP contribution >= 0.6 is 8.25 Å². The second kappa shape index (κ2) is 12.6. The Morgan fingerprint density at radius 3 is 2.00 bits per heavy atom. The van der Waals surface area contributed by atoms with E-state index in [2.05, 4.69) is 23.1 Å². The average molecular weight is 253 g/mol. The summed E-state index contributed by atoms with van der Waals surface area (Å²) in [5, 5.41) is 0. The SMILES string of the molecule is CCCC.CCOC(=O)C(CC)O[P+](=O)O. The number of rotatable bonds is 6. The molecule has 1 N–H and O–H groups in total. The second-order valence-corrected chi connectivity index (χ2v) is 3.68. The molecule has 2 unspecified atom stereocenters. The van der Waals surface area contributed by atoms with Crippen molar-refractivity contribution in [1.29, 1.82) is 0 Å². The Labute approximate surface area is 98.1 Å². The van der Waals surface area contributed by atoms with Gasteiger partial charge in [-0.05, 0) is 13.3 Å². The van der Waals surface area contributed by atoms with Crippen LogP contribution in [-0.4, -0.2) is 23.6 Å². The van der Waals surface area contributed by atoms with Crippen molar-refractivity contribution in [3.05, 3.63) is 0 Å². The molecular weight excluding hydrogens is 231 g/mol. The van der Waals surface area contributed by atoms with E-state index in [-0.39, 0.29) is 6.61 Å². The molecule has 0 spiro atoms. The summed E-state index contributed by atoms with van der Waals surface area (Å²) in [5.41, 5.74) is 0. The van der Waals surface area contributed by atoms with Gasteiger partial charge in [-0.1, -0.05) is 33.6 Å². The van der Waals surface area contributed by atoms with Crippen LogP contribution in [0.4, 0.5) is 0 Å². The smallest absolute Gasteiger partial charge is 0.464 e. The molecular formula is C10H22O5P+. The third-order valence-corrected chi connectivity index (χ3v) is 2.07. The Morgan fingerprint density at radius 1 is 1.25 bits per heavy atom. The first-order chi connectivity index (χ1) is 7.53. The topological polar surface area (TPSA) is 72.8 Å². The molecule has 0 heterocycles. The van der Waals surface area contributed by atoms with Gasteiger partial charge in [-0.25, -0.2) is 4.79 Å². The quantitative estimate of drug-likeness (QED) is 0.582. The van der Waals surface area contributed by atoms with Crippen molar-refractivity contribution < 1.29 is 23.5 Å². The number of hydrogen-bond donors (Lipinski definition) is 1. The van der Waals surface area contributed by atoms with Crippen molar-refractivity contribution in [2.24, 2.45) is 0 Å². The summed E-state index contributed by atoms with van der Waals surface area (Å²) in [4.78, 5) is 19.3. The maximum Gasteiger partial charge on any atom is 0.695 e. The Balaban J connectivity index is 0. The minimum Gasteiger partial charge on any atom is -0.464 e. The first kappa shape index (κ1) is 17.9. The number of carbonyl (C=O) groups excluding carboxylic acids is 1. The lowest BCUT2D eigenvalue weighted by molar-refractivity contribution is -0.151. The fourth-order valence-electron chi connectivity index (χ4n) is 0.628. The van der Waals surface area contributed by atoms with Crippen LogP contribution in [0.1, 0.15) is 47.0 Å². The average Bonchev–Trinajstić information content (AvgIpc) is 2.26. The number of hydrogen-bond acceptors (Lipinski definition) is 4. The van der Waals surface area contributed by atoms with E-state index in [9.17, 15) is 9.36 Å². The molecule has 96 valence electrons. The summed E-state index contributed by atoms with van der Waals surface area (Å²) >= 11 is 0. The normalized spacial score (nSPS) is 12.2. The van der Waals surface area contributed by atoms with Crippen LogP contribution in [0, 0.1) is 0 Å². The van der Waals surface area contributed by atoms with Gasteiger partial charge in [-0.2, -0.15) is 0 Å². The van der Waals surface area contributed by atoms with Gasteiger partial charge in [0.2, 0.25) is 6.10 Å². The largest absolute Gasteiger partial charge is 0.695 e. The van der Waals surface area contributed by atoms with Crippen LogP contribution in [-0.2, 0) is 18.6 Å². The van der Waals surface area contributed by atoms with Crippen LogP contribution in [0.3, 0.4) is 0 Å². The van der Waals surface area contributed by atoms with Crippen molar-refractivity contribution in [2.45, 2.75) is 53.1 Å². The molecule has 2 atom stereocenters. The summed E-state index contributed by atoms with van der Waals surface area (Å²) in [6.07, 6.45) is 2.03. The minimum atomic E-state index is -2.74. The standard InChI is InChI=1S/C6H11O5P.C4H10/c1-3-5(11-12(8)9)6(7)10-4-2;1-3-4-2/h5H,3-4H2,1-2H3;3-4H2,1-2H3/p+1. The Hall–Kier alpha value is -0.510. The lowest BCUT2D eigenvalue weighted by atomic mass is 10.3. The highest BCUT2D eigenvalue weighted by molar-refractivity contribution is 7.32. The maximum absolute atomic E-state index is 10.9. The third kappa shape index (κ3) is 11.6. The van der Waals surface area contributed by atoms with E-state index in [4.69, 9.17) is 4.89 Å². The zero-order valence-electron chi connectivity index (χ0n) is 10.4. The molecule has 5 nitrogen and oxygen atoms in total. The van der Waals surface area contributed by atoms with Crippen LogP contribution in [0.15, 0.2) is 0 Å². The Morgan fingerprint density at radius 2 is 1.75 bits per heavy atom. The second-order valence-electron chi connectivity index (χ2n) is 2.99. The molecule has 0 rings (SSSR count). The van der Waals surface area contributed by atoms with E-state index in [1.165, 1.54) is 12.8 Å². The highest BCUT2D eigenvalue weighted by atomic mass is 31.1. The van der Waals surface area contributed by atoms with E-state index in [1.54, 1.807) is 13.8 Å². The summed E-state index contributed by atoms with van der Waals surface area (Å²) in [6, 6.07) is 0. The van der Waals surface area contributed by atoms with E-state index >= 15 is 0 Å². The summed E-state index contributed by atoms with van der Waals surface area (Å²) < 4.78 is 19.2. The predicted octanol–water partition coefficient (Wildman–Crippen LogP) is 2.80. The van der Waals surface area contributed by atoms with Crippen LogP contribution in [0.2, 0.25) is 0 Å². The lowest BCUT2D eigenvalue weighted by Crippen LogP contribution is -2.23. The van der Waals surface area contributed by atoms with Gasteiger partial charge in [0, 0.05) is 4.57 Å². The van der Waals surface area contributed by atoms with E-state index < -0.39 is 20.3 Å². The van der Waals surface area contributed by atoms with Gasteiger partial charge in [-0.3, -0.25) is 0 Å². The first-order valence-corrected chi connectivity index (χ1v) is 6.65. The van der Waals surface area contributed by atoms with Gasteiger partial charge in [0.1, 0.15) is 0 Å². The number of ether oxygens (including phenoxy) is 1. The molecule has 0 aromatic rings. The van der Waals surface area contributed by atoms with Crippen molar-refractivity contribution in [3.8, 4) is 0 Å². The third-order valence-electron chi connectivity index (χ3n) is 1.64. The molecule has 0 aromatic heterocycles. The van der Waals surface area contributed by atoms with Gasteiger partial charge in [0.05, 0.1) is 6.61 Å². The molecule has 16 heavy (non-hydrogen) atoms. The van der Waals surface area contributed by atoms with Gasteiger partial charge in [0.25, 0.3) is 0 Å². The van der Waals surface area contributed by atoms with Crippen LogP contribution < -0.4 is 0 Å². The fourth-order valence-corrected chi connectivity index (χ4v) is 1.08. The predicted molar refractivity (Wildman–Crippen MR) is 62.2 cm³/mol. The van der Waals surface area contributed by atoms with E-state index in [0.717, 1.165) is 0 Å². The molecule has 0 saturated heterocycles. The minimum absolute atomic E-state index is 0.237. The zero-order valence-corrected chi connectivity index (χ0v) is 11.3. The highest BCUT2D eigenvalue weighted by Crippen LogP contribution is 2.20. The molecule has 0 aliphatic rings. The number of esters is 1. The zero-order chi connectivity index (χ0) is 13.0. The van der Waals surface area contributed by atoms with E-state index in [0.29, 0.717) is 6.42 Å². The van der Waals surface area contributed by atoms with Gasteiger partial charge < -0.3 is 4.74 Å². The fraction of sp³-hybridized carbons (Fsp3) is 0.900. The molecule has 0 radical (unpaired) electrons. The highest BCUT2D eigenvalue weighted by Gasteiger charge is 2.29. The molecule has 6 heteroatoms.